The Morgan fingerprint density at radius 3 is 2.44 bits per heavy atom. The molecule has 0 radical (unpaired) electrons. The zero-order valence-corrected chi connectivity index (χ0v) is 16.2. The second-order valence-electron chi connectivity index (χ2n) is 6.41. The maximum absolute atomic E-state index is 12.4. The molecule has 140 valence electrons. The fraction of sp³-hybridized carbons (Fsp3) is 0.250. The first-order valence-electron chi connectivity index (χ1n) is 8.66. The van der Waals surface area contributed by atoms with Crippen molar-refractivity contribution in [1.29, 1.82) is 0 Å². The number of benzene rings is 2. The number of carbonyl (C=O) groups is 2. The number of nitrogens with one attached hydrogen (secondary N) is 2. The van der Waals surface area contributed by atoms with E-state index in [2.05, 4.69) is 15.6 Å². The first-order chi connectivity index (χ1) is 12.9. The van der Waals surface area contributed by atoms with E-state index in [4.69, 9.17) is 4.74 Å². The van der Waals surface area contributed by atoms with E-state index in [1.165, 1.54) is 11.3 Å². The minimum Gasteiger partial charge on any atom is -0.481 e. The summed E-state index contributed by atoms with van der Waals surface area (Å²) >= 11 is 1.40. The molecule has 1 heterocycles. The van der Waals surface area contributed by atoms with Crippen molar-refractivity contribution in [3.8, 4) is 5.75 Å². The average molecular weight is 383 g/mol. The maximum atomic E-state index is 12.4. The van der Waals surface area contributed by atoms with E-state index in [0.717, 1.165) is 4.70 Å². The summed E-state index contributed by atoms with van der Waals surface area (Å²) in [6.07, 6.45) is -0.639. The predicted molar refractivity (Wildman–Crippen MR) is 108 cm³/mol. The Balaban J connectivity index is 1.67. The van der Waals surface area contributed by atoms with Crippen LogP contribution in [0.1, 0.15) is 20.8 Å². The van der Waals surface area contributed by atoms with Crippen molar-refractivity contribution in [3.63, 3.8) is 0 Å². The zero-order valence-electron chi connectivity index (χ0n) is 15.4. The van der Waals surface area contributed by atoms with Gasteiger partial charge in [-0.1, -0.05) is 43.4 Å². The largest absolute Gasteiger partial charge is 0.481 e. The van der Waals surface area contributed by atoms with Gasteiger partial charge in [-0.3, -0.25) is 9.59 Å². The molecule has 2 aromatic carbocycles. The van der Waals surface area contributed by atoms with Crippen molar-refractivity contribution in [2.45, 2.75) is 26.9 Å². The number of rotatable bonds is 6. The van der Waals surface area contributed by atoms with Gasteiger partial charge in [0.05, 0.1) is 10.2 Å². The quantitative estimate of drug-likeness (QED) is 0.665. The summed E-state index contributed by atoms with van der Waals surface area (Å²) in [6.45, 7) is 5.35. The smallest absolute Gasteiger partial charge is 0.265 e. The first kappa shape index (κ1) is 18.8. The van der Waals surface area contributed by atoms with Crippen LogP contribution in [0, 0.1) is 5.92 Å². The molecule has 27 heavy (non-hydrogen) atoms. The van der Waals surface area contributed by atoms with Crippen LogP contribution in [0.25, 0.3) is 10.2 Å². The van der Waals surface area contributed by atoms with E-state index in [0.29, 0.717) is 22.1 Å². The fourth-order valence-electron chi connectivity index (χ4n) is 2.31. The molecular formula is C20H21N3O3S. The fourth-order valence-corrected chi connectivity index (χ4v) is 3.16. The van der Waals surface area contributed by atoms with Crippen LogP contribution < -0.4 is 15.4 Å². The van der Waals surface area contributed by atoms with Gasteiger partial charge in [-0.05, 0) is 37.3 Å². The molecule has 0 aliphatic rings. The van der Waals surface area contributed by atoms with E-state index < -0.39 is 6.10 Å². The highest BCUT2D eigenvalue weighted by Gasteiger charge is 2.16. The Morgan fingerprint density at radius 2 is 1.74 bits per heavy atom. The topological polar surface area (TPSA) is 80.3 Å². The van der Waals surface area contributed by atoms with Crippen molar-refractivity contribution in [3.05, 3.63) is 48.5 Å². The van der Waals surface area contributed by atoms with Crippen LogP contribution in [0.3, 0.4) is 0 Å². The Hall–Kier alpha value is -2.93. The molecule has 2 amide bonds. The van der Waals surface area contributed by atoms with Gasteiger partial charge < -0.3 is 15.4 Å². The normalized spacial score (nSPS) is 12.0. The average Bonchev–Trinajstić information content (AvgIpc) is 3.03. The lowest BCUT2D eigenvalue weighted by Crippen LogP contribution is -2.30. The van der Waals surface area contributed by atoms with E-state index in [9.17, 15) is 9.59 Å². The first-order valence-corrected chi connectivity index (χ1v) is 9.48. The zero-order chi connectivity index (χ0) is 19.4. The van der Waals surface area contributed by atoms with Crippen LogP contribution in [0.5, 0.6) is 5.75 Å². The molecule has 0 unspecified atom stereocenters. The minimum absolute atomic E-state index is 0.0746. The van der Waals surface area contributed by atoms with E-state index in [1.54, 1.807) is 25.1 Å². The standard InChI is InChI=1S/C20H21N3O3S/c1-12(2)18(24)23-20-22-16-11-14(9-10-17(16)27-20)21-19(25)13(3)26-15-7-5-4-6-8-15/h4-13H,1-3H3,(H,21,25)(H,22,23,24)/t13-/m0/s1. The van der Waals surface area contributed by atoms with Gasteiger partial charge in [-0.15, -0.1) is 0 Å². The second kappa shape index (κ2) is 8.18. The van der Waals surface area contributed by atoms with Crippen LogP contribution in [0.2, 0.25) is 0 Å². The highest BCUT2D eigenvalue weighted by molar-refractivity contribution is 7.22. The summed E-state index contributed by atoms with van der Waals surface area (Å²) < 4.78 is 6.56. The number of anilines is 2. The molecule has 0 spiro atoms. The molecule has 0 aliphatic carbocycles. The van der Waals surface area contributed by atoms with Crippen LogP contribution in [-0.2, 0) is 9.59 Å². The second-order valence-corrected chi connectivity index (χ2v) is 7.44. The Bertz CT molecular complexity index is 954. The summed E-state index contributed by atoms with van der Waals surface area (Å²) in [5.74, 6) is 0.204. The highest BCUT2D eigenvalue weighted by atomic mass is 32.1. The molecule has 6 nitrogen and oxygen atoms in total. The van der Waals surface area contributed by atoms with Crippen molar-refractivity contribution in [2.75, 3.05) is 10.6 Å². The van der Waals surface area contributed by atoms with Gasteiger partial charge in [-0.2, -0.15) is 0 Å². The number of hydrogen-bond donors (Lipinski definition) is 2. The molecular weight excluding hydrogens is 362 g/mol. The number of aromatic nitrogens is 1. The lowest BCUT2D eigenvalue weighted by atomic mass is 10.2. The molecule has 1 aromatic heterocycles. The van der Waals surface area contributed by atoms with Gasteiger partial charge in [0.25, 0.3) is 5.91 Å². The van der Waals surface area contributed by atoms with E-state index >= 15 is 0 Å². The number of para-hydroxylation sites is 1. The Kier molecular flexibility index (Phi) is 5.71. The maximum Gasteiger partial charge on any atom is 0.265 e. The van der Waals surface area contributed by atoms with Gasteiger partial charge in [-0.25, -0.2) is 4.98 Å². The van der Waals surface area contributed by atoms with Crippen molar-refractivity contribution < 1.29 is 14.3 Å². The monoisotopic (exact) mass is 383 g/mol. The summed E-state index contributed by atoms with van der Waals surface area (Å²) in [5, 5.41) is 6.18. The number of fused-ring (bicyclic) bond motifs is 1. The van der Waals surface area contributed by atoms with Gasteiger partial charge in [0, 0.05) is 11.6 Å². The Labute approximate surface area is 161 Å². The predicted octanol–water partition coefficient (Wildman–Crippen LogP) is 4.30. The lowest BCUT2D eigenvalue weighted by Gasteiger charge is -2.14. The molecule has 0 saturated heterocycles. The number of carbonyl (C=O) groups excluding carboxylic acids is 2. The van der Waals surface area contributed by atoms with Crippen LogP contribution in [0.4, 0.5) is 10.8 Å². The molecule has 3 aromatic rings. The summed E-state index contributed by atoms with van der Waals surface area (Å²) in [4.78, 5) is 28.6. The highest BCUT2D eigenvalue weighted by Crippen LogP contribution is 2.28. The minimum atomic E-state index is -0.639. The number of hydrogen-bond acceptors (Lipinski definition) is 5. The van der Waals surface area contributed by atoms with Crippen LogP contribution in [0.15, 0.2) is 48.5 Å². The third kappa shape index (κ3) is 4.83. The van der Waals surface area contributed by atoms with Crippen molar-refractivity contribution in [1.82, 2.24) is 4.98 Å². The summed E-state index contributed by atoms with van der Waals surface area (Å²) in [7, 11) is 0. The molecule has 0 fully saturated rings. The van der Waals surface area contributed by atoms with Gasteiger partial charge in [0.2, 0.25) is 5.91 Å². The van der Waals surface area contributed by atoms with Crippen molar-refractivity contribution >= 4 is 44.2 Å². The summed E-state index contributed by atoms with van der Waals surface area (Å²) in [6, 6.07) is 14.7. The summed E-state index contributed by atoms with van der Waals surface area (Å²) in [5.41, 5.74) is 1.34. The third-order valence-electron chi connectivity index (χ3n) is 3.83. The molecule has 1 atom stereocenters. The number of nitrogens with zero attached hydrogens (tertiary/aromatic N) is 1. The number of thiazole rings is 1. The number of amides is 2. The lowest BCUT2D eigenvalue weighted by molar-refractivity contribution is -0.122. The SMILES string of the molecule is CC(C)C(=O)Nc1nc2cc(NC(=O)[C@H](C)Oc3ccccc3)ccc2s1. The molecule has 3 rings (SSSR count). The Morgan fingerprint density at radius 1 is 1.00 bits per heavy atom. The van der Waals surface area contributed by atoms with E-state index in [-0.39, 0.29) is 17.7 Å². The van der Waals surface area contributed by atoms with Crippen molar-refractivity contribution in [2.24, 2.45) is 5.92 Å². The molecule has 0 saturated carbocycles. The molecule has 0 aliphatic heterocycles. The van der Waals surface area contributed by atoms with Gasteiger partial charge >= 0.3 is 0 Å². The van der Waals surface area contributed by atoms with Gasteiger partial charge in [0.15, 0.2) is 11.2 Å². The molecule has 0 bridgehead atoms. The van der Waals surface area contributed by atoms with Crippen LogP contribution >= 0.6 is 11.3 Å². The van der Waals surface area contributed by atoms with E-state index in [1.807, 2.05) is 44.2 Å². The number of ether oxygens (including phenoxy) is 1. The molecule has 2 N–H and O–H groups in total. The van der Waals surface area contributed by atoms with Gasteiger partial charge in [0.1, 0.15) is 5.75 Å². The molecule has 7 heteroatoms. The third-order valence-corrected chi connectivity index (χ3v) is 4.79. The van der Waals surface area contributed by atoms with Crippen LogP contribution in [-0.4, -0.2) is 22.9 Å².